The highest BCUT2D eigenvalue weighted by molar-refractivity contribution is 6.30. The number of rotatable bonds is 5. The van der Waals surface area contributed by atoms with Crippen LogP contribution in [0.3, 0.4) is 0 Å². The van der Waals surface area contributed by atoms with Crippen LogP contribution in [-0.4, -0.2) is 19.7 Å². The van der Waals surface area contributed by atoms with E-state index < -0.39 is 0 Å². The summed E-state index contributed by atoms with van der Waals surface area (Å²) in [6, 6.07) is 5.93. The first-order valence-electron chi connectivity index (χ1n) is 7.30. The summed E-state index contributed by atoms with van der Waals surface area (Å²) in [5, 5.41) is 4.18. The highest BCUT2D eigenvalue weighted by Gasteiger charge is 2.14. The van der Waals surface area contributed by atoms with Crippen LogP contribution in [0.25, 0.3) is 0 Å². The summed E-state index contributed by atoms with van der Waals surface area (Å²) in [6.45, 7) is 7.47. The Balaban J connectivity index is 0.00000200. The standard InChI is InChI=1S/C16H24ClNO.ClH/c1-12(2)15-11-14(17)3-4-16(15)19-10-7-13-5-8-18-9-6-13;/h3-4,11-13,18H,5-10H2,1-2H3;1H. The Labute approximate surface area is 133 Å². The van der Waals surface area contributed by atoms with Crippen LogP contribution in [0.4, 0.5) is 0 Å². The largest absolute Gasteiger partial charge is 0.493 e. The molecule has 2 rings (SSSR count). The van der Waals surface area contributed by atoms with Crippen molar-refractivity contribution < 1.29 is 4.74 Å². The van der Waals surface area contributed by atoms with E-state index in [0.717, 1.165) is 42.8 Å². The monoisotopic (exact) mass is 317 g/mol. The van der Waals surface area contributed by atoms with E-state index in [-0.39, 0.29) is 12.4 Å². The summed E-state index contributed by atoms with van der Waals surface area (Å²) in [7, 11) is 0. The first-order chi connectivity index (χ1) is 9.16. The van der Waals surface area contributed by atoms with Crippen LogP contribution in [0, 0.1) is 5.92 Å². The van der Waals surface area contributed by atoms with Gasteiger partial charge in [0.2, 0.25) is 0 Å². The number of hydrogen-bond donors (Lipinski definition) is 1. The first kappa shape index (κ1) is 17.6. The molecule has 20 heavy (non-hydrogen) atoms. The molecule has 1 aromatic carbocycles. The van der Waals surface area contributed by atoms with Gasteiger partial charge in [0.15, 0.2) is 0 Å². The summed E-state index contributed by atoms with van der Waals surface area (Å²) in [5.74, 6) is 2.25. The van der Waals surface area contributed by atoms with Gasteiger partial charge in [0.1, 0.15) is 5.75 Å². The number of nitrogens with one attached hydrogen (secondary N) is 1. The van der Waals surface area contributed by atoms with Crippen LogP contribution in [-0.2, 0) is 0 Å². The predicted molar refractivity (Wildman–Crippen MR) is 88.5 cm³/mol. The summed E-state index contributed by atoms with van der Waals surface area (Å²) in [5.41, 5.74) is 1.21. The normalized spacial score (nSPS) is 16.0. The van der Waals surface area contributed by atoms with Crippen molar-refractivity contribution in [1.29, 1.82) is 0 Å². The van der Waals surface area contributed by atoms with Crippen LogP contribution in [0.5, 0.6) is 5.75 Å². The third-order valence-electron chi connectivity index (χ3n) is 3.84. The van der Waals surface area contributed by atoms with Crippen LogP contribution in [0.2, 0.25) is 5.02 Å². The zero-order chi connectivity index (χ0) is 13.7. The van der Waals surface area contributed by atoms with Gasteiger partial charge in [-0.1, -0.05) is 25.4 Å². The summed E-state index contributed by atoms with van der Waals surface area (Å²) in [6.07, 6.45) is 3.71. The Morgan fingerprint density at radius 3 is 2.65 bits per heavy atom. The maximum Gasteiger partial charge on any atom is 0.122 e. The molecule has 1 aliphatic heterocycles. The lowest BCUT2D eigenvalue weighted by molar-refractivity contribution is 0.249. The Hall–Kier alpha value is -0.440. The molecule has 2 nitrogen and oxygen atoms in total. The minimum absolute atomic E-state index is 0. The Bertz CT molecular complexity index is 403. The van der Waals surface area contributed by atoms with Crippen molar-refractivity contribution in [3.63, 3.8) is 0 Å². The van der Waals surface area contributed by atoms with Gasteiger partial charge in [-0.05, 0) is 68.0 Å². The number of hydrogen-bond acceptors (Lipinski definition) is 2. The van der Waals surface area contributed by atoms with Crippen LogP contribution >= 0.6 is 24.0 Å². The number of benzene rings is 1. The third-order valence-corrected chi connectivity index (χ3v) is 4.07. The van der Waals surface area contributed by atoms with Gasteiger partial charge in [0, 0.05) is 5.02 Å². The maximum atomic E-state index is 6.05. The van der Waals surface area contributed by atoms with E-state index in [2.05, 4.69) is 19.2 Å². The topological polar surface area (TPSA) is 21.3 Å². The molecule has 1 saturated heterocycles. The Kier molecular flexibility index (Phi) is 7.71. The second-order valence-electron chi connectivity index (χ2n) is 5.67. The Morgan fingerprint density at radius 2 is 2.00 bits per heavy atom. The molecular weight excluding hydrogens is 293 g/mol. The van der Waals surface area contributed by atoms with E-state index in [4.69, 9.17) is 16.3 Å². The minimum atomic E-state index is 0. The number of ether oxygens (including phenoxy) is 1. The molecule has 0 atom stereocenters. The molecule has 0 aliphatic carbocycles. The Morgan fingerprint density at radius 1 is 1.30 bits per heavy atom. The van der Waals surface area contributed by atoms with E-state index in [1.807, 2.05) is 18.2 Å². The average Bonchev–Trinajstić information content (AvgIpc) is 2.41. The van der Waals surface area contributed by atoms with Crippen molar-refractivity contribution in [2.24, 2.45) is 5.92 Å². The highest BCUT2D eigenvalue weighted by atomic mass is 35.5. The molecular formula is C16H25Cl2NO. The second-order valence-corrected chi connectivity index (χ2v) is 6.10. The van der Waals surface area contributed by atoms with E-state index in [0.29, 0.717) is 5.92 Å². The van der Waals surface area contributed by atoms with Crippen molar-refractivity contribution >= 4 is 24.0 Å². The lowest BCUT2D eigenvalue weighted by Gasteiger charge is -2.23. The van der Waals surface area contributed by atoms with Crippen molar-refractivity contribution in [2.75, 3.05) is 19.7 Å². The fourth-order valence-corrected chi connectivity index (χ4v) is 2.79. The molecule has 0 saturated carbocycles. The van der Waals surface area contributed by atoms with Crippen molar-refractivity contribution in [1.82, 2.24) is 5.32 Å². The van der Waals surface area contributed by atoms with Crippen LogP contribution in [0.15, 0.2) is 18.2 Å². The molecule has 0 bridgehead atoms. The molecule has 114 valence electrons. The van der Waals surface area contributed by atoms with Crippen molar-refractivity contribution in [3.8, 4) is 5.75 Å². The quantitative estimate of drug-likeness (QED) is 0.853. The molecule has 4 heteroatoms. The van der Waals surface area contributed by atoms with E-state index >= 15 is 0 Å². The van der Waals surface area contributed by atoms with Crippen molar-refractivity contribution in [3.05, 3.63) is 28.8 Å². The minimum Gasteiger partial charge on any atom is -0.493 e. The SMILES string of the molecule is CC(C)c1cc(Cl)ccc1OCCC1CCNCC1.Cl. The lowest BCUT2D eigenvalue weighted by atomic mass is 9.95. The molecule has 0 unspecified atom stereocenters. The second kappa shape index (κ2) is 8.76. The fourth-order valence-electron chi connectivity index (χ4n) is 2.61. The van der Waals surface area contributed by atoms with Gasteiger partial charge in [0.05, 0.1) is 6.61 Å². The van der Waals surface area contributed by atoms with Crippen LogP contribution < -0.4 is 10.1 Å². The van der Waals surface area contributed by atoms with Crippen LogP contribution in [0.1, 0.15) is 44.6 Å². The lowest BCUT2D eigenvalue weighted by Crippen LogP contribution is -2.28. The molecule has 0 aromatic heterocycles. The highest BCUT2D eigenvalue weighted by Crippen LogP contribution is 2.29. The molecule has 0 radical (unpaired) electrons. The van der Waals surface area contributed by atoms with Crippen molar-refractivity contribution in [2.45, 2.75) is 39.0 Å². The van der Waals surface area contributed by atoms with Gasteiger partial charge >= 0.3 is 0 Å². The maximum absolute atomic E-state index is 6.05. The predicted octanol–water partition coefficient (Wildman–Crippen LogP) is 4.65. The van der Waals surface area contributed by atoms with E-state index in [9.17, 15) is 0 Å². The molecule has 0 spiro atoms. The summed E-state index contributed by atoms with van der Waals surface area (Å²) < 4.78 is 5.98. The van der Waals surface area contributed by atoms with Gasteiger partial charge in [-0.2, -0.15) is 0 Å². The van der Waals surface area contributed by atoms with Gasteiger partial charge in [-0.3, -0.25) is 0 Å². The van der Waals surface area contributed by atoms with Gasteiger partial charge in [0.25, 0.3) is 0 Å². The molecule has 1 N–H and O–H groups in total. The summed E-state index contributed by atoms with van der Waals surface area (Å²) >= 11 is 6.05. The number of piperidine rings is 1. The van der Waals surface area contributed by atoms with E-state index in [1.165, 1.54) is 18.4 Å². The third kappa shape index (κ3) is 5.16. The number of halogens is 2. The molecule has 1 fully saturated rings. The van der Waals surface area contributed by atoms with Gasteiger partial charge < -0.3 is 10.1 Å². The molecule has 1 heterocycles. The van der Waals surface area contributed by atoms with E-state index in [1.54, 1.807) is 0 Å². The fraction of sp³-hybridized carbons (Fsp3) is 0.625. The average molecular weight is 318 g/mol. The zero-order valence-corrected chi connectivity index (χ0v) is 13.9. The molecule has 1 aliphatic rings. The first-order valence-corrected chi connectivity index (χ1v) is 7.67. The molecule has 1 aromatic rings. The van der Waals surface area contributed by atoms with Gasteiger partial charge in [-0.25, -0.2) is 0 Å². The smallest absolute Gasteiger partial charge is 0.122 e. The van der Waals surface area contributed by atoms with Gasteiger partial charge in [-0.15, -0.1) is 12.4 Å². The zero-order valence-electron chi connectivity index (χ0n) is 12.3. The molecule has 0 amide bonds. The summed E-state index contributed by atoms with van der Waals surface area (Å²) in [4.78, 5) is 0.